The van der Waals surface area contributed by atoms with E-state index in [0.29, 0.717) is 5.69 Å². The fraction of sp³-hybridized carbons (Fsp3) is 0.500. The number of carbonyl (C=O) groups is 1. The number of imidazole rings is 1. The molecule has 0 spiro atoms. The van der Waals surface area contributed by atoms with Gasteiger partial charge in [0.2, 0.25) is 5.91 Å². The summed E-state index contributed by atoms with van der Waals surface area (Å²) >= 11 is 0. The van der Waals surface area contributed by atoms with E-state index in [1.807, 2.05) is 0 Å². The Morgan fingerprint density at radius 1 is 1.12 bits per heavy atom. The molecule has 2 fully saturated rings. The summed E-state index contributed by atoms with van der Waals surface area (Å²) in [4.78, 5) is 67.7. The Morgan fingerprint density at radius 3 is 2.64 bits per heavy atom. The summed E-state index contributed by atoms with van der Waals surface area (Å²) in [6, 6.07) is 1.23. The number of hydrogen-bond donors (Lipinski definition) is 2. The third kappa shape index (κ3) is 4.78. The Bertz CT molecular complexity index is 1930. The molecule has 2 saturated heterocycles. The largest absolute Gasteiger partial charge is 0.349 e. The number of hydrogen-bond acceptors (Lipinski definition) is 11. The molecule has 0 radical (unpaired) electrons. The van der Waals surface area contributed by atoms with Gasteiger partial charge in [0, 0.05) is 26.4 Å². The maximum Gasteiger partial charge on any atom is 0.332 e. The molecule has 18 nitrogen and oxygen atoms in total. The number of nitrogens with one attached hydrogen (secondary N) is 2. The highest BCUT2D eigenvalue weighted by Gasteiger charge is 2.56. The van der Waals surface area contributed by atoms with E-state index in [1.165, 1.54) is 51.1 Å². The molecule has 4 atom stereocenters. The van der Waals surface area contributed by atoms with Gasteiger partial charge in [-0.15, -0.1) is 5.10 Å². The van der Waals surface area contributed by atoms with Crippen molar-refractivity contribution in [1.29, 1.82) is 0 Å². The van der Waals surface area contributed by atoms with E-state index in [4.69, 9.17) is 14.2 Å². The molecule has 4 aromatic rings. The molecule has 4 unspecified atom stereocenters. The van der Waals surface area contributed by atoms with Crippen LogP contribution in [-0.2, 0) is 52.7 Å². The topological polar surface area (TPSA) is 204 Å². The van der Waals surface area contributed by atoms with Crippen LogP contribution in [0.4, 0.5) is 0 Å². The van der Waals surface area contributed by atoms with Crippen molar-refractivity contribution in [1.82, 2.24) is 48.5 Å². The maximum absolute atomic E-state index is 12.7. The van der Waals surface area contributed by atoms with E-state index in [9.17, 15) is 24.0 Å². The molecule has 18 heteroatoms. The lowest BCUT2D eigenvalue weighted by molar-refractivity contribution is -0.198. The molecule has 222 valence electrons. The third-order valence-electron chi connectivity index (χ3n) is 7.20. The van der Waals surface area contributed by atoms with Gasteiger partial charge in [0.25, 0.3) is 11.1 Å². The van der Waals surface area contributed by atoms with Crippen molar-refractivity contribution in [3.63, 3.8) is 0 Å². The van der Waals surface area contributed by atoms with Crippen LogP contribution >= 0.6 is 0 Å². The van der Waals surface area contributed by atoms with Crippen molar-refractivity contribution in [3.8, 4) is 0 Å². The normalized spacial score (nSPS) is 23.0. The van der Waals surface area contributed by atoms with E-state index in [1.54, 1.807) is 20.0 Å². The molecule has 1 amide bonds. The summed E-state index contributed by atoms with van der Waals surface area (Å²) in [7, 11) is 2.86. The van der Waals surface area contributed by atoms with Gasteiger partial charge in [0.1, 0.15) is 30.6 Å². The Balaban J connectivity index is 1.12. The molecule has 6 rings (SSSR count). The highest BCUT2D eigenvalue weighted by Crippen LogP contribution is 2.42. The minimum Gasteiger partial charge on any atom is -0.349 e. The van der Waals surface area contributed by atoms with Crippen molar-refractivity contribution in [3.05, 3.63) is 72.2 Å². The number of aromatic amines is 1. The zero-order valence-corrected chi connectivity index (χ0v) is 23.1. The van der Waals surface area contributed by atoms with Crippen LogP contribution in [0.5, 0.6) is 0 Å². The molecule has 4 aromatic heterocycles. The summed E-state index contributed by atoms with van der Waals surface area (Å²) in [5.41, 5.74) is -1.44. The predicted octanol–water partition coefficient (Wildman–Crippen LogP) is -2.69. The van der Waals surface area contributed by atoms with Crippen LogP contribution in [-0.4, -0.2) is 73.2 Å². The van der Waals surface area contributed by atoms with Gasteiger partial charge in [-0.3, -0.25) is 33.1 Å². The first-order chi connectivity index (χ1) is 19.9. The molecule has 0 aliphatic carbocycles. The highest BCUT2D eigenvalue weighted by atomic mass is 16.8. The van der Waals surface area contributed by atoms with Gasteiger partial charge in [-0.25, -0.2) is 19.3 Å². The minimum absolute atomic E-state index is 0.0571. The number of aryl methyl sites for hydroxylation is 1. The SMILES string of the molecule is Cn1c(=O)c2c(ncn2CC(=O)NCc2cn(CC3OC(n4ccc(=O)[nH]c4=O)C4OC(C)(C)OC34)nn2)n(C)c1=O. The van der Waals surface area contributed by atoms with E-state index in [0.717, 1.165) is 4.57 Å². The number of H-pyrrole nitrogens is 1. The molecule has 42 heavy (non-hydrogen) atoms. The number of ether oxygens (including phenoxy) is 3. The van der Waals surface area contributed by atoms with Crippen LogP contribution in [0.1, 0.15) is 25.8 Å². The molecule has 6 heterocycles. The molecular weight excluding hydrogens is 556 g/mol. The second kappa shape index (κ2) is 10.00. The van der Waals surface area contributed by atoms with Gasteiger partial charge < -0.3 is 24.1 Å². The van der Waals surface area contributed by atoms with Crippen LogP contribution in [0, 0.1) is 0 Å². The monoisotopic (exact) mass is 584 g/mol. The fourth-order valence-electron chi connectivity index (χ4n) is 5.27. The van der Waals surface area contributed by atoms with Crippen LogP contribution in [0.15, 0.2) is 44.0 Å². The number of nitrogens with zero attached hydrogens (tertiary/aromatic N) is 8. The van der Waals surface area contributed by atoms with Crippen molar-refractivity contribution in [2.75, 3.05) is 0 Å². The van der Waals surface area contributed by atoms with Gasteiger partial charge >= 0.3 is 11.4 Å². The maximum atomic E-state index is 12.7. The van der Waals surface area contributed by atoms with Gasteiger partial charge in [0.15, 0.2) is 23.2 Å². The molecule has 2 N–H and O–H groups in total. The second-order valence-corrected chi connectivity index (χ2v) is 10.6. The van der Waals surface area contributed by atoms with Crippen LogP contribution < -0.4 is 27.8 Å². The Hall–Kier alpha value is -4.68. The number of aromatic nitrogens is 9. The quantitative estimate of drug-likeness (QED) is 0.229. The predicted molar refractivity (Wildman–Crippen MR) is 141 cm³/mol. The number of carbonyl (C=O) groups excluding carboxylic acids is 1. The van der Waals surface area contributed by atoms with E-state index < -0.39 is 58.7 Å². The van der Waals surface area contributed by atoms with Crippen molar-refractivity contribution in [2.45, 2.75) is 63.8 Å². The summed E-state index contributed by atoms with van der Waals surface area (Å²) in [5.74, 6) is -1.33. The first-order valence-corrected chi connectivity index (χ1v) is 13.0. The van der Waals surface area contributed by atoms with E-state index >= 15 is 0 Å². The van der Waals surface area contributed by atoms with Crippen LogP contribution in [0.2, 0.25) is 0 Å². The third-order valence-corrected chi connectivity index (χ3v) is 7.20. The number of rotatable bonds is 7. The Labute approximate surface area is 235 Å². The van der Waals surface area contributed by atoms with Gasteiger partial charge in [0.05, 0.1) is 25.6 Å². The van der Waals surface area contributed by atoms with Crippen LogP contribution in [0.3, 0.4) is 0 Å². The van der Waals surface area contributed by atoms with Crippen LogP contribution in [0.25, 0.3) is 11.2 Å². The van der Waals surface area contributed by atoms with Gasteiger partial charge in [-0.2, -0.15) is 0 Å². The lowest BCUT2D eigenvalue weighted by Gasteiger charge is -2.24. The molecular formula is C24H28N10O8. The number of fused-ring (bicyclic) bond motifs is 2. The molecule has 0 aromatic carbocycles. The van der Waals surface area contributed by atoms with Crippen molar-refractivity contribution < 1.29 is 19.0 Å². The minimum atomic E-state index is -0.918. The average molecular weight is 585 g/mol. The molecule has 0 bridgehead atoms. The van der Waals surface area contributed by atoms with Crippen molar-refractivity contribution >= 4 is 17.1 Å². The first kappa shape index (κ1) is 27.5. The first-order valence-electron chi connectivity index (χ1n) is 13.0. The number of amides is 1. The standard InChI is InChI=1S/C24H28N10O8/c1-24(2)41-17-13(40-21(18(17)42-24)34-6-5-14(35)27-22(34)38)9-33-8-12(28-29-33)7-25-15(36)10-32-11-26-19-16(32)20(37)31(4)23(39)30(19)3/h5-6,8,11,13,17-18,21H,7,9-10H2,1-4H3,(H,25,36)(H,27,35,38). The highest BCUT2D eigenvalue weighted by molar-refractivity contribution is 5.78. The zero-order valence-electron chi connectivity index (χ0n) is 23.1. The average Bonchev–Trinajstić information content (AvgIpc) is 3.69. The van der Waals surface area contributed by atoms with Gasteiger partial charge in [-0.1, -0.05) is 5.21 Å². The smallest absolute Gasteiger partial charge is 0.332 e. The summed E-state index contributed by atoms with van der Waals surface area (Å²) < 4.78 is 24.6. The fourth-order valence-corrected chi connectivity index (χ4v) is 5.27. The second-order valence-electron chi connectivity index (χ2n) is 10.6. The molecule has 2 aliphatic heterocycles. The summed E-state index contributed by atoms with van der Waals surface area (Å²) in [6.45, 7) is 3.59. The Morgan fingerprint density at radius 2 is 1.88 bits per heavy atom. The Kier molecular flexibility index (Phi) is 6.54. The zero-order chi connectivity index (χ0) is 29.9. The summed E-state index contributed by atoms with van der Waals surface area (Å²) in [5, 5.41) is 11.0. The van der Waals surface area contributed by atoms with Gasteiger partial charge in [-0.05, 0) is 13.8 Å². The van der Waals surface area contributed by atoms with E-state index in [-0.39, 0.29) is 30.8 Å². The lowest BCUT2D eigenvalue weighted by atomic mass is 10.1. The van der Waals surface area contributed by atoms with E-state index in [2.05, 4.69) is 25.6 Å². The van der Waals surface area contributed by atoms with Crippen molar-refractivity contribution in [2.24, 2.45) is 14.1 Å². The molecule has 2 aliphatic rings. The lowest BCUT2D eigenvalue weighted by Crippen LogP contribution is -2.38. The molecule has 0 saturated carbocycles. The summed E-state index contributed by atoms with van der Waals surface area (Å²) in [6.07, 6.45) is 1.76.